The van der Waals surface area contributed by atoms with Crippen LogP contribution in [0, 0.1) is 0 Å². The minimum atomic E-state index is -0.0893. The van der Waals surface area contributed by atoms with Gasteiger partial charge >= 0.3 is 0 Å². The van der Waals surface area contributed by atoms with Crippen LogP contribution in [0.4, 0.5) is 11.4 Å². The van der Waals surface area contributed by atoms with Gasteiger partial charge in [-0.05, 0) is 50.1 Å². The lowest BCUT2D eigenvalue weighted by atomic mass is 10.1. The van der Waals surface area contributed by atoms with E-state index in [1.807, 2.05) is 62.4 Å². The van der Waals surface area contributed by atoms with E-state index in [4.69, 9.17) is 4.74 Å². The molecule has 0 saturated heterocycles. The van der Waals surface area contributed by atoms with E-state index in [2.05, 4.69) is 17.6 Å². The molecular formula is C19H24N2O2. The van der Waals surface area contributed by atoms with Gasteiger partial charge in [0.2, 0.25) is 5.91 Å². The van der Waals surface area contributed by atoms with Crippen LogP contribution in [0.2, 0.25) is 0 Å². The number of aryl methyl sites for hydroxylation is 1. The average Bonchev–Trinajstić information content (AvgIpc) is 2.54. The minimum Gasteiger partial charge on any atom is -0.489 e. The number of rotatable bonds is 7. The predicted octanol–water partition coefficient (Wildman–Crippen LogP) is 4.09. The molecule has 4 nitrogen and oxygen atoms in total. The highest BCUT2D eigenvalue weighted by atomic mass is 16.5. The van der Waals surface area contributed by atoms with Crippen molar-refractivity contribution < 1.29 is 9.53 Å². The molecule has 2 aromatic carbocycles. The van der Waals surface area contributed by atoms with Gasteiger partial charge in [-0.15, -0.1) is 0 Å². The van der Waals surface area contributed by atoms with E-state index in [9.17, 15) is 4.79 Å². The molecule has 0 radical (unpaired) electrons. The Morgan fingerprint density at radius 2 is 1.78 bits per heavy atom. The molecule has 0 bridgehead atoms. The molecule has 0 aromatic heterocycles. The Kier molecular flexibility index (Phi) is 6.03. The first kappa shape index (κ1) is 16.9. The lowest BCUT2D eigenvalue weighted by Crippen LogP contribution is -2.22. The summed E-state index contributed by atoms with van der Waals surface area (Å²) < 4.78 is 5.73. The highest BCUT2D eigenvalue weighted by molar-refractivity contribution is 5.93. The van der Waals surface area contributed by atoms with Gasteiger partial charge in [0.25, 0.3) is 0 Å². The molecule has 1 amide bonds. The number of nitrogens with one attached hydrogen (secondary N) is 2. The van der Waals surface area contributed by atoms with E-state index in [0.717, 1.165) is 23.5 Å². The van der Waals surface area contributed by atoms with Crippen LogP contribution in [-0.2, 0) is 11.2 Å². The minimum absolute atomic E-state index is 0.0869. The second-order valence-corrected chi connectivity index (χ2v) is 5.61. The first-order valence-electron chi connectivity index (χ1n) is 7.97. The summed E-state index contributed by atoms with van der Waals surface area (Å²) in [5.41, 5.74) is 2.87. The normalized spacial score (nSPS) is 10.4. The number of hydrogen-bond acceptors (Lipinski definition) is 3. The highest BCUT2D eigenvalue weighted by Crippen LogP contribution is 2.24. The van der Waals surface area contributed by atoms with E-state index < -0.39 is 0 Å². The van der Waals surface area contributed by atoms with Crippen molar-refractivity contribution in [3.05, 3.63) is 54.1 Å². The maximum Gasteiger partial charge on any atom is 0.243 e. The van der Waals surface area contributed by atoms with Gasteiger partial charge in [0.15, 0.2) is 0 Å². The summed E-state index contributed by atoms with van der Waals surface area (Å²) in [7, 11) is 0. The Hall–Kier alpha value is -2.49. The third-order valence-electron chi connectivity index (χ3n) is 3.34. The van der Waals surface area contributed by atoms with Crippen LogP contribution in [0.15, 0.2) is 48.5 Å². The summed E-state index contributed by atoms with van der Waals surface area (Å²) in [5.74, 6) is 0.663. The predicted molar refractivity (Wildman–Crippen MR) is 95.1 cm³/mol. The van der Waals surface area contributed by atoms with Gasteiger partial charge in [0.05, 0.1) is 18.3 Å². The number of benzene rings is 2. The Morgan fingerprint density at radius 1 is 1.09 bits per heavy atom. The smallest absolute Gasteiger partial charge is 0.243 e. The van der Waals surface area contributed by atoms with Crippen molar-refractivity contribution in [2.24, 2.45) is 0 Å². The summed E-state index contributed by atoms with van der Waals surface area (Å²) in [6, 6.07) is 15.5. The molecular weight excluding hydrogens is 288 g/mol. The third-order valence-corrected chi connectivity index (χ3v) is 3.34. The molecule has 0 aliphatic heterocycles. The van der Waals surface area contributed by atoms with Crippen LogP contribution < -0.4 is 15.4 Å². The Labute approximate surface area is 137 Å². The van der Waals surface area contributed by atoms with Crippen LogP contribution in [0.5, 0.6) is 5.75 Å². The van der Waals surface area contributed by atoms with Crippen LogP contribution in [0.1, 0.15) is 26.3 Å². The maximum atomic E-state index is 12.1. The van der Waals surface area contributed by atoms with Crippen molar-refractivity contribution in [1.82, 2.24) is 0 Å². The van der Waals surface area contributed by atoms with E-state index in [0.29, 0.717) is 0 Å². The van der Waals surface area contributed by atoms with Crippen molar-refractivity contribution in [2.75, 3.05) is 17.2 Å². The van der Waals surface area contributed by atoms with Gasteiger partial charge in [0.1, 0.15) is 5.75 Å². The standard InChI is InChI=1S/C19H24N2O2/c1-4-15-9-11-16(12-10-15)21-19(22)13-20-17-7-5-6-8-18(17)23-14(2)3/h5-12,14,20H,4,13H2,1-3H3,(H,21,22). The van der Waals surface area contributed by atoms with Crippen LogP contribution >= 0.6 is 0 Å². The topological polar surface area (TPSA) is 50.4 Å². The number of ether oxygens (including phenoxy) is 1. The van der Waals surface area contributed by atoms with E-state index >= 15 is 0 Å². The summed E-state index contributed by atoms with van der Waals surface area (Å²) in [4.78, 5) is 12.1. The lowest BCUT2D eigenvalue weighted by Gasteiger charge is -2.15. The van der Waals surface area contributed by atoms with E-state index in [1.165, 1.54) is 5.56 Å². The van der Waals surface area contributed by atoms with Gasteiger partial charge < -0.3 is 15.4 Å². The Balaban J connectivity index is 1.91. The molecule has 0 heterocycles. The third kappa shape index (κ3) is 5.33. The fraction of sp³-hybridized carbons (Fsp3) is 0.316. The zero-order chi connectivity index (χ0) is 16.7. The Bertz CT molecular complexity index is 636. The maximum absolute atomic E-state index is 12.1. The van der Waals surface area contributed by atoms with Gasteiger partial charge in [-0.3, -0.25) is 4.79 Å². The molecule has 0 spiro atoms. The fourth-order valence-electron chi connectivity index (χ4n) is 2.17. The fourth-order valence-corrected chi connectivity index (χ4v) is 2.17. The highest BCUT2D eigenvalue weighted by Gasteiger charge is 2.07. The molecule has 122 valence electrons. The van der Waals surface area contributed by atoms with Crippen molar-refractivity contribution in [3.63, 3.8) is 0 Å². The SMILES string of the molecule is CCc1ccc(NC(=O)CNc2ccccc2OC(C)C)cc1. The van der Waals surface area contributed by atoms with Crippen LogP contribution in [-0.4, -0.2) is 18.6 Å². The second kappa shape index (κ2) is 8.22. The average molecular weight is 312 g/mol. The zero-order valence-electron chi connectivity index (χ0n) is 13.9. The number of hydrogen-bond donors (Lipinski definition) is 2. The second-order valence-electron chi connectivity index (χ2n) is 5.61. The monoisotopic (exact) mass is 312 g/mol. The summed E-state index contributed by atoms with van der Waals surface area (Å²) in [5, 5.41) is 6.01. The van der Waals surface area contributed by atoms with Crippen molar-refractivity contribution in [3.8, 4) is 5.75 Å². The molecule has 2 N–H and O–H groups in total. The number of carbonyl (C=O) groups is 1. The molecule has 2 rings (SSSR count). The number of carbonyl (C=O) groups excluding carboxylic acids is 1. The van der Waals surface area contributed by atoms with E-state index in [-0.39, 0.29) is 18.6 Å². The number of anilines is 2. The zero-order valence-corrected chi connectivity index (χ0v) is 13.9. The molecule has 0 atom stereocenters. The first-order valence-corrected chi connectivity index (χ1v) is 7.97. The van der Waals surface area contributed by atoms with E-state index in [1.54, 1.807) is 0 Å². The molecule has 0 fully saturated rings. The largest absolute Gasteiger partial charge is 0.489 e. The van der Waals surface area contributed by atoms with Crippen molar-refractivity contribution in [1.29, 1.82) is 0 Å². The quantitative estimate of drug-likeness (QED) is 0.809. The molecule has 4 heteroatoms. The summed E-state index contributed by atoms with van der Waals surface area (Å²) >= 11 is 0. The van der Waals surface area contributed by atoms with Gasteiger partial charge in [-0.2, -0.15) is 0 Å². The van der Waals surface area contributed by atoms with Gasteiger partial charge in [-0.25, -0.2) is 0 Å². The molecule has 0 saturated carbocycles. The summed E-state index contributed by atoms with van der Waals surface area (Å²) in [6.45, 7) is 6.25. The Morgan fingerprint density at radius 3 is 2.43 bits per heavy atom. The first-order chi connectivity index (χ1) is 11.1. The molecule has 2 aromatic rings. The number of para-hydroxylation sites is 2. The van der Waals surface area contributed by atoms with Gasteiger partial charge in [0, 0.05) is 5.69 Å². The molecule has 0 aliphatic rings. The van der Waals surface area contributed by atoms with Gasteiger partial charge in [-0.1, -0.05) is 31.2 Å². The van der Waals surface area contributed by atoms with Crippen molar-refractivity contribution in [2.45, 2.75) is 33.3 Å². The molecule has 0 unspecified atom stereocenters. The molecule has 0 aliphatic carbocycles. The summed E-state index contributed by atoms with van der Waals surface area (Å²) in [6.07, 6.45) is 1.08. The van der Waals surface area contributed by atoms with Crippen LogP contribution in [0.25, 0.3) is 0 Å². The van der Waals surface area contributed by atoms with Crippen LogP contribution in [0.3, 0.4) is 0 Å². The molecule has 23 heavy (non-hydrogen) atoms. The number of amides is 1. The van der Waals surface area contributed by atoms with Crippen molar-refractivity contribution >= 4 is 17.3 Å². The lowest BCUT2D eigenvalue weighted by molar-refractivity contribution is -0.114.